The minimum absolute atomic E-state index is 0.108. The lowest BCUT2D eigenvalue weighted by molar-refractivity contribution is -0.132. The van der Waals surface area contributed by atoms with Crippen LogP contribution in [0.1, 0.15) is 45.4 Å². The van der Waals surface area contributed by atoms with Gasteiger partial charge in [-0.05, 0) is 19.3 Å². The van der Waals surface area contributed by atoms with Gasteiger partial charge in [0.1, 0.15) is 0 Å². The summed E-state index contributed by atoms with van der Waals surface area (Å²) in [5.74, 6) is 0.220. The highest BCUT2D eigenvalue weighted by molar-refractivity contribution is 5.87. The van der Waals surface area contributed by atoms with Crippen molar-refractivity contribution >= 4 is 11.7 Å². The van der Waals surface area contributed by atoms with E-state index in [9.17, 15) is 4.79 Å². The van der Waals surface area contributed by atoms with E-state index in [0.717, 1.165) is 32.1 Å². The Labute approximate surface area is 96.3 Å². The Kier molecular flexibility index (Phi) is 5.08. The number of oxime groups is 1. The van der Waals surface area contributed by atoms with E-state index in [1.165, 1.54) is 0 Å². The van der Waals surface area contributed by atoms with Crippen molar-refractivity contribution in [2.45, 2.75) is 51.5 Å². The molecule has 0 heterocycles. The molecule has 0 unspecified atom stereocenters. The smallest absolute Gasteiger partial charge is 0.223 e. The van der Waals surface area contributed by atoms with E-state index in [2.05, 4.69) is 5.16 Å². The van der Waals surface area contributed by atoms with Crippen LogP contribution in [0.15, 0.2) is 5.16 Å². The molecule has 16 heavy (non-hydrogen) atoms. The summed E-state index contributed by atoms with van der Waals surface area (Å²) in [6.07, 6.45) is 5.77. The molecule has 1 saturated carbocycles. The molecule has 3 N–H and O–H groups in total. The van der Waals surface area contributed by atoms with Crippen LogP contribution >= 0.6 is 0 Å². The fourth-order valence-electron chi connectivity index (χ4n) is 2.20. The maximum Gasteiger partial charge on any atom is 0.223 e. The van der Waals surface area contributed by atoms with Crippen molar-refractivity contribution in [2.75, 3.05) is 6.54 Å². The monoisotopic (exact) mass is 227 g/mol. The van der Waals surface area contributed by atoms with Gasteiger partial charge in [-0.25, -0.2) is 0 Å². The number of carbonyl (C=O) groups is 1. The summed E-state index contributed by atoms with van der Waals surface area (Å²) in [6, 6.07) is 0.277. The Bertz CT molecular complexity index is 260. The third-order valence-corrected chi connectivity index (χ3v) is 3.01. The van der Waals surface area contributed by atoms with Crippen LogP contribution in [0.5, 0.6) is 0 Å². The molecule has 0 aromatic rings. The van der Waals surface area contributed by atoms with Gasteiger partial charge in [0.2, 0.25) is 5.91 Å². The van der Waals surface area contributed by atoms with Gasteiger partial charge in [-0.15, -0.1) is 0 Å². The number of rotatable bonds is 5. The van der Waals surface area contributed by atoms with E-state index in [1.54, 1.807) is 4.90 Å². The second kappa shape index (κ2) is 6.35. The van der Waals surface area contributed by atoms with Crippen molar-refractivity contribution in [1.82, 2.24) is 4.90 Å². The second-order valence-corrected chi connectivity index (χ2v) is 4.30. The van der Waals surface area contributed by atoms with Gasteiger partial charge in [-0.1, -0.05) is 24.9 Å². The number of nitrogens with two attached hydrogens (primary N) is 1. The summed E-state index contributed by atoms with van der Waals surface area (Å²) in [5, 5.41) is 11.5. The van der Waals surface area contributed by atoms with Gasteiger partial charge in [0.15, 0.2) is 5.84 Å². The molecule has 1 aliphatic rings. The Morgan fingerprint density at radius 1 is 1.50 bits per heavy atom. The summed E-state index contributed by atoms with van der Waals surface area (Å²) < 4.78 is 0. The molecule has 0 saturated heterocycles. The fraction of sp³-hybridized carbons (Fsp3) is 0.818. The zero-order chi connectivity index (χ0) is 12.0. The molecule has 0 aromatic carbocycles. The Morgan fingerprint density at radius 2 is 2.12 bits per heavy atom. The summed E-state index contributed by atoms with van der Waals surface area (Å²) in [6.45, 7) is 2.23. The first-order chi connectivity index (χ1) is 7.69. The van der Waals surface area contributed by atoms with Crippen LogP contribution in [-0.4, -0.2) is 34.4 Å². The molecule has 0 aromatic heterocycles. The van der Waals surface area contributed by atoms with Gasteiger partial charge in [0, 0.05) is 12.5 Å². The fourth-order valence-corrected chi connectivity index (χ4v) is 2.20. The van der Waals surface area contributed by atoms with Crippen LogP contribution in [0.3, 0.4) is 0 Å². The number of amides is 1. The van der Waals surface area contributed by atoms with Gasteiger partial charge in [0.25, 0.3) is 0 Å². The molecule has 5 heteroatoms. The van der Waals surface area contributed by atoms with E-state index >= 15 is 0 Å². The van der Waals surface area contributed by atoms with Gasteiger partial charge >= 0.3 is 0 Å². The molecule has 0 atom stereocenters. The highest BCUT2D eigenvalue weighted by Crippen LogP contribution is 2.24. The van der Waals surface area contributed by atoms with Gasteiger partial charge in [-0.3, -0.25) is 4.79 Å². The van der Waals surface area contributed by atoms with Crippen LogP contribution in [0.4, 0.5) is 0 Å². The second-order valence-electron chi connectivity index (χ2n) is 4.30. The molecule has 5 nitrogen and oxygen atoms in total. The van der Waals surface area contributed by atoms with Crippen molar-refractivity contribution in [3.63, 3.8) is 0 Å². The predicted molar refractivity (Wildman–Crippen MR) is 62.3 cm³/mol. The topological polar surface area (TPSA) is 78.9 Å². The van der Waals surface area contributed by atoms with Gasteiger partial charge < -0.3 is 15.8 Å². The van der Waals surface area contributed by atoms with Crippen LogP contribution < -0.4 is 5.73 Å². The minimum atomic E-state index is 0.108. The lowest BCUT2D eigenvalue weighted by atomic mass is 10.2. The summed E-state index contributed by atoms with van der Waals surface area (Å²) in [7, 11) is 0. The van der Waals surface area contributed by atoms with Crippen molar-refractivity contribution < 1.29 is 10.0 Å². The number of nitrogens with zero attached hydrogens (tertiary/aromatic N) is 2. The normalized spacial score (nSPS) is 17.7. The highest BCUT2D eigenvalue weighted by atomic mass is 16.4. The molecule has 1 aliphatic carbocycles. The Balaban J connectivity index is 2.63. The Hall–Kier alpha value is -1.26. The van der Waals surface area contributed by atoms with E-state index in [-0.39, 0.29) is 24.3 Å². The van der Waals surface area contributed by atoms with Crippen molar-refractivity contribution in [1.29, 1.82) is 0 Å². The molecular weight excluding hydrogens is 206 g/mol. The van der Waals surface area contributed by atoms with E-state index < -0.39 is 0 Å². The molecule has 0 radical (unpaired) electrons. The highest BCUT2D eigenvalue weighted by Gasteiger charge is 2.26. The first kappa shape index (κ1) is 12.8. The van der Waals surface area contributed by atoms with Crippen molar-refractivity contribution in [3.8, 4) is 0 Å². The first-order valence-electron chi connectivity index (χ1n) is 5.95. The lowest BCUT2D eigenvalue weighted by Gasteiger charge is -2.28. The third-order valence-electron chi connectivity index (χ3n) is 3.01. The maximum atomic E-state index is 11.9. The predicted octanol–water partition coefficient (Wildman–Crippen LogP) is 1.30. The van der Waals surface area contributed by atoms with Crippen LogP contribution in [0.25, 0.3) is 0 Å². The number of hydrogen-bond donors (Lipinski definition) is 2. The third kappa shape index (κ3) is 3.40. The number of amidine groups is 1. The molecule has 1 amide bonds. The van der Waals surface area contributed by atoms with Crippen molar-refractivity contribution in [2.24, 2.45) is 10.9 Å². The zero-order valence-electron chi connectivity index (χ0n) is 9.85. The molecule has 1 fully saturated rings. The quantitative estimate of drug-likeness (QED) is 0.321. The molecule has 1 rings (SSSR count). The molecule has 92 valence electrons. The molecular formula is C11H21N3O2. The first-order valence-corrected chi connectivity index (χ1v) is 5.95. The van der Waals surface area contributed by atoms with E-state index in [1.807, 2.05) is 6.92 Å². The number of carbonyl (C=O) groups excluding carboxylic acids is 1. The van der Waals surface area contributed by atoms with Crippen molar-refractivity contribution in [3.05, 3.63) is 0 Å². The average Bonchev–Trinajstić information content (AvgIpc) is 2.78. The lowest BCUT2D eigenvalue weighted by Crippen LogP contribution is -2.44. The minimum Gasteiger partial charge on any atom is -0.409 e. The van der Waals surface area contributed by atoms with E-state index in [4.69, 9.17) is 10.9 Å². The number of hydrogen-bond acceptors (Lipinski definition) is 3. The molecule has 0 spiro atoms. The van der Waals surface area contributed by atoms with Crippen LogP contribution in [0, 0.1) is 0 Å². The largest absolute Gasteiger partial charge is 0.409 e. The molecule has 0 aliphatic heterocycles. The van der Waals surface area contributed by atoms with Gasteiger partial charge in [0.05, 0.1) is 6.54 Å². The molecule has 0 bridgehead atoms. The van der Waals surface area contributed by atoms with E-state index in [0.29, 0.717) is 6.42 Å². The average molecular weight is 227 g/mol. The standard InChI is InChI=1S/C11H21N3O2/c1-2-5-11(15)14(8-10(12)13-16)9-6-3-4-7-9/h9,16H,2-8H2,1H3,(H2,12,13). The summed E-state index contributed by atoms with van der Waals surface area (Å²) in [5.41, 5.74) is 5.48. The SMILES string of the molecule is CCCC(=O)N(CC(N)=NO)C1CCCC1. The Morgan fingerprint density at radius 3 is 2.62 bits per heavy atom. The summed E-state index contributed by atoms with van der Waals surface area (Å²) >= 11 is 0. The van der Waals surface area contributed by atoms with Gasteiger partial charge in [-0.2, -0.15) is 0 Å². The zero-order valence-corrected chi connectivity index (χ0v) is 9.85. The van der Waals surface area contributed by atoms with Crippen LogP contribution in [-0.2, 0) is 4.79 Å². The maximum absolute atomic E-state index is 11.9. The van der Waals surface area contributed by atoms with Crippen LogP contribution in [0.2, 0.25) is 0 Å². The summed E-state index contributed by atoms with van der Waals surface area (Å²) in [4.78, 5) is 13.7.